The van der Waals surface area contributed by atoms with Gasteiger partial charge in [-0.15, -0.1) is 0 Å². The van der Waals surface area contributed by atoms with Crippen LogP contribution in [0.5, 0.6) is 5.75 Å². The van der Waals surface area contributed by atoms with Crippen LogP contribution in [0.15, 0.2) is 53.0 Å². The van der Waals surface area contributed by atoms with Gasteiger partial charge in [0.15, 0.2) is 0 Å². The van der Waals surface area contributed by atoms with Crippen LogP contribution in [0.25, 0.3) is 0 Å². The van der Waals surface area contributed by atoms with Gasteiger partial charge in [-0.25, -0.2) is 4.79 Å². The van der Waals surface area contributed by atoms with E-state index in [2.05, 4.69) is 33.9 Å². The molecule has 0 spiro atoms. The monoisotopic (exact) mass is 511 g/mol. The maximum absolute atomic E-state index is 12.6. The molecule has 31 heavy (non-hydrogen) atoms. The number of anilines is 1. The second-order valence-electron chi connectivity index (χ2n) is 6.75. The van der Waals surface area contributed by atoms with Gasteiger partial charge < -0.3 is 19.3 Å². The zero-order valence-corrected chi connectivity index (χ0v) is 19.6. The molecule has 0 aliphatic rings. The van der Waals surface area contributed by atoms with Gasteiger partial charge in [0.1, 0.15) is 18.5 Å². The summed E-state index contributed by atoms with van der Waals surface area (Å²) in [5.41, 5.74) is 1.33. The van der Waals surface area contributed by atoms with Crippen molar-refractivity contribution < 1.29 is 28.9 Å². The Hall–Kier alpha value is -2.23. The summed E-state index contributed by atoms with van der Waals surface area (Å²) in [5, 5.41) is 11.7. The number of rotatable bonds is 11. The van der Waals surface area contributed by atoms with Gasteiger partial charge >= 0.3 is 12.1 Å². The SMILES string of the molecule is C[C@@H](CCOC(=O)CS)[C@H](OC(=O)Nc1ccc(Br)cc1)c1cccc(OCCO)c1. The quantitative estimate of drug-likeness (QED) is 0.301. The van der Waals surface area contributed by atoms with E-state index in [9.17, 15) is 9.59 Å². The summed E-state index contributed by atoms with van der Waals surface area (Å²) in [6.45, 7) is 2.16. The summed E-state index contributed by atoms with van der Waals surface area (Å²) in [4.78, 5) is 23.9. The van der Waals surface area contributed by atoms with E-state index in [4.69, 9.17) is 19.3 Å². The Labute approximate surface area is 195 Å². The van der Waals surface area contributed by atoms with E-state index in [-0.39, 0.29) is 31.5 Å². The molecule has 0 fully saturated rings. The summed E-state index contributed by atoms with van der Waals surface area (Å²) in [6.07, 6.45) is -0.728. The largest absolute Gasteiger partial charge is 0.491 e. The molecule has 0 saturated carbocycles. The highest BCUT2D eigenvalue weighted by atomic mass is 79.9. The van der Waals surface area contributed by atoms with Gasteiger partial charge in [-0.05, 0) is 48.4 Å². The summed E-state index contributed by atoms with van der Waals surface area (Å²) in [5.74, 6) is 0.00718. The molecule has 0 aliphatic carbocycles. The van der Waals surface area contributed by atoms with Crippen molar-refractivity contribution in [1.82, 2.24) is 0 Å². The molecule has 9 heteroatoms. The minimum atomic E-state index is -0.608. The fourth-order valence-electron chi connectivity index (χ4n) is 2.81. The normalized spacial score (nSPS) is 12.5. The van der Waals surface area contributed by atoms with Crippen molar-refractivity contribution >= 4 is 46.3 Å². The van der Waals surface area contributed by atoms with Crippen molar-refractivity contribution in [2.75, 3.05) is 30.9 Å². The molecule has 7 nitrogen and oxygen atoms in total. The van der Waals surface area contributed by atoms with E-state index in [0.717, 1.165) is 10.0 Å². The van der Waals surface area contributed by atoms with Gasteiger partial charge in [0.05, 0.1) is 19.0 Å². The van der Waals surface area contributed by atoms with E-state index in [1.807, 2.05) is 25.1 Å². The van der Waals surface area contributed by atoms with Gasteiger partial charge in [0, 0.05) is 16.1 Å². The van der Waals surface area contributed by atoms with Gasteiger partial charge in [-0.2, -0.15) is 12.6 Å². The van der Waals surface area contributed by atoms with Crippen LogP contribution >= 0.6 is 28.6 Å². The number of hydrogen-bond acceptors (Lipinski definition) is 7. The summed E-state index contributed by atoms with van der Waals surface area (Å²) < 4.78 is 17.2. The van der Waals surface area contributed by atoms with Gasteiger partial charge in [0.25, 0.3) is 0 Å². The molecule has 2 aromatic rings. The number of esters is 1. The predicted octanol–water partition coefficient (Wildman–Crippen LogP) is 4.61. The highest BCUT2D eigenvalue weighted by molar-refractivity contribution is 9.10. The molecule has 168 valence electrons. The highest BCUT2D eigenvalue weighted by Crippen LogP contribution is 2.31. The lowest BCUT2D eigenvalue weighted by Gasteiger charge is -2.25. The minimum absolute atomic E-state index is 0.00808. The van der Waals surface area contributed by atoms with Crippen molar-refractivity contribution in [1.29, 1.82) is 0 Å². The van der Waals surface area contributed by atoms with Crippen LogP contribution in [-0.2, 0) is 14.3 Å². The number of halogens is 1. The van der Waals surface area contributed by atoms with Crippen LogP contribution in [0.2, 0.25) is 0 Å². The van der Waals surface area contributed by atoms with E-state index in [1.54, 1.807) is 30.3 Å². The second-order valence-corrected chi connectivity index (χ2v) is 7.98. The Bertz CT molecular complexity index is 848. The zero-order chi connectivity index (χ0) is 22.6. The molecule has 2 N–H and O–H groups in total. The number of benzene rings is 2. The topological polar surface area (TPSA) is 94.1 Å². The van der Waals surface area contributed by atoms with E-state index >= 15 is 0 Å². The van der Waals surface area contributed by atoms with Crippen LogP contribution in [0.1, 0.15) is 25.0 Å². The summed E-state index contributed by atoms with van der Waals surface area (Å²) in [7, 11) is 0. The van der Waals surface area contributed by atoms with Crippen LogP contribution in [0.4, 0.5) is 10.5 Å². The lowest BCUT2D eigenvalue weighted by molar-refractivity contribution is -0.141. The fourth-order valence-corrected chi connectivity index (χ4v) is 3.16. The minimum Gasteiger partial charge on any atom is -0.491 e. The van der Waals surface area contributed by atoms with E-state index in [0.29, 0.717) is 17.9 Å². The number of amides is 1. The first kappa shape index (κ1) is 25.0. The molecule has 0 bridgehead atoms. The van der Waals surface area contributed by atoms with Gasteiger partial charge in [0.2, 0.25) is 0 Å². The molecule has 0 heterocycles. The molecule has 0 unspecified atom stereocenters. The van der Waals surface area contributed by atoms with Gasteiger partial charge in [-0.1, -0.05) is 35.0 Å². The first-order valence-corrected chi connectivity index (χ1v) is 11.2. The standard InChI is InChI=1S/C22H26BrNO6S/c1-15(9-11-29-20(26)14-31)21(16-3-2-4-19(13-16)28-12-10-25)30-22(27)24-18-7-5-17(23)6-8-18/h2-8,13,15,21,25,31H,9-12,14H2,1H3,(H,24,27)/t15-,21-/m0/s1. The number of aliphatic hydroxyl groups is 1. The molecule has 0 aromatic heterocycles. The van der Waals surface area contributed by atoms with E-state index in [1.165, 1.54) is 0 Å². The molecule has 0 aliphatic heterocycles. The average Bonchev–Trinajstić information content (AvgIpc) is 2.77. The Morgan fingerprint density at radius 2 is 1.90 bits per heavy atom. The number of ether oxygens (including phenoxy) is 3. The third kappa shape index (κ3) is 8.80. The smallest absolute Gasteiger partial charge is 0.412 e. The lowest BCUT2D eigenvalue weighted by atomic mass is 9.94. The number of thiol groups is 1. The number of carbonyl (C=O) groups excluding carboxylic acids is 2. The average molecular weight is 512 g/mol. The summed E-state index contributed by atoms with van der Waals surface area (Å²) >= 11 is 7.24. The van der Waals surface area contributed by atoms with Crippen molar-refractivity contribution in [2.45, 2.75) is 19.4 Å². The van der Waals surface area contributed by atoms with Crippen molar-refractivity contribution in [3.63, 3.8) is 0 Å². The molecule has 1 amide bonds. The van der Waals surface area contributed by atoms with Crippen LogP contribution in [0.3, 0.4) is 0 Å². The maximum Gasteiger partial charge on any atom is 0.412 e. The zero-order valence-electron chi connectivity index (χ0n) is 17.1. The third-order valence-electron chi connectivity index (χ3n) is 4.35. The number of carbonyl (C=O) groups is 2. The van der Waals surface area contributed by atoms with Crippen LogP contribution in [-0.4, -0.2) is 42.7 Å². The van der Waals surface area contributed by atoms with Gasteiger partial charge in [-0.3, -0.25) is 10.1 Å². The number of hydrogen-bond donors (Lipinski definition) is 3. The van der Waals surface area contributed by atoms with Crippen LogP contribution in [0, 0.1) is 5.92 Å². The first-order valence-electron chi connectivity index (χ1n) is 9.76. The molecule has 0 saturated heterocycles. The lowest BCUT2D eigenvalue weighted by Crippen LogP contribution is -2.23. The number of nitrogens with one attached hydrogen (secondary N) is 1. The molecule has 2 atom stereocenters. The molecule has 2 rings (SSSR count). The third-order valence-corrected chi connectivity index (χ3v) is 5.14. The van der Waals surface area contributed by atoms with Crippen molar-refractivity contribution in [3.8, 4) is 5.75 Å². The first-order chi connectivity index (χ1) is 14.9. The summed E-state index contributed by atoms with van der Waals surface area (Å²) in [6, 6.07) is 14.3. The van der Waals surface area contributed by atoms with Crippen molar-refractivity contribution in [3.05, 3.63) is 58.6 Å². The highest BCUT2D eigenvalue weighted by Gasteiger charge is 2.25. The molecule has 0 radical (unpaired) electrons. The fraction of sp³-hybridized carbons (Fsp3) is 0.364. The number of aliphatic hydroxyl groups excluding tert-OH is 1. The Kier molecular flexibility index (Phi) is 10.7. The predicted molar refractivity (Wildman–Crippen MR) is 125 cm³/mol. The van der Waals surface area contributed by atoms with E-state index < -0.39 is 18.2 Å². The Morgan fingerprint density at radius 1 is 1.16 bits per heavy atom. The second kappa shape index (κ2) is 13.2. The maximum atomic E-state index is 12.6. The molecular formula is C22H26BrNO6S. The van der Waals surface area contributed by atoms with Crippen molar-refractivity contribution in [2.24, 2.45) is 5.92 Å². The Morgan fingerprint density at radius 3 is 2.58 bits per heavy atom. The molecular weight excluding hydrogens is 486 g/mol. The molecule has 2 aromatic carbocycles. The van der Waals surface area contributed by atoms with Crippen LogP contribution < -0.4 is 10.1 Å². The Balaban J connectivity index is 2.13.